The first kappa shape index (κ1) is 18.1. The van der Waals surface area contributed by atoms with E-state index in [4.69, 9.17) is 5.73 Å². The van der Waals surface area contributed by atoms with Crippen molar-refractivity contribution < 1.29 is 9.59 Å². The van der Waals surface area contributed by atoms with Crippen LogP contribution in [0.25, 0.3) is 0 Å². The molecule has 2 atom stereocenters. The van der Waals surface area contributed by atoms with Crippen LogP contribution in [0.1, 0.15) is 41.6 Å². The van der Waals surface area contributed by atoms with Crippen LogP contribution in [0.3, 0.4) is 0 Å². The summed E-state index contributed by atoms with van der Waals surface area (Å²) < 4.78 is 0. The quantitative estimate of drug-likeness (QED) is 0.744. The molecule has 26 heavy (non-hydrogen) atoms. The van der Waals surface area contributed by atoms with Crippen molar-refractivity contribution in [2.75, 3.05) is 5.32 Å². The Bertz CT molecular complexity index is 763. The van der Waals surface area contributed by atoms with Gasteiger partial charge in [0.2, 0.25) is 5.91 Å². The number of carbonyl (C=O) groups excluding carboxylic acids is 2. The van der Waals surface area contributed by atoms with E-state index >= 15 is 0 Å². The topological polar surface area (TPSA) is 97.1 Å². The van der Waals surface area contributed by atoms with Crippen LogP contribution in [0.5, 0.6) is 0 Å². The fourth-order valence-corrected chi connectivity index (χ4v) is 3.30. The Morgan fingerprint density at radius 3 is 2.69 bits per heavy atom. The maximum Gasteiger partial charge on any atom is 0.255 e. The summed E-state index contributed by atoms with van der Waals surface area (Å²) in [5.74, 6) is 0.128. The molecule has 1 aromatic heterocycles. The standard InChI is InChI=1S/C20H24N4O2/c21-18-6-2-4-16(18)12-19(25)23-13-14-3-1-5-17(11-14)24-20(26)15-7-9-22-10-8-15/h1,3,5,7-11,16,18H,2,4,6,12-13,21H2,(H,23,25)(H,24,26)/t16-,18+/m0/s1. The van der Waals surface area contributed by atoms with Gasteiger partial charge in [-0.3, -0.25) is 14.6 Å². The van der Waals surface area contributed by atoms with Crippen LogP contribution < -0.4 is 16.4 Å². The Hall–Kier alpha value is -2.73. The van der Waals surface area contributed by atoms with Crippen molar-refractivity contribution in [3.8, 4) is 0 Å². The molecule has 6 nitrogen and oxygen atoms in total. The highest BCUT2D eigenvalue weighted by Gasteiger charge is 2.25. The van der Waals surface area contributed by atoms with E-state index in [0.717, 1.165) is 24.8 Å². The second kappa shape index (κ2) is 8.58. The van der Waals surface area contributed by atoms with Gasteiger partial charge in [-0.25, -0.2) is 0 Å². The van der Waals surface area contributed by atoms with Gasteiger partial charge in [-0.2, -0.15) is 0 Å². The van der Waals surface area contributed by atoms with Gasteiger partial charge in [0.05, 0.1) is 0 Å². The van der Waals surface area contributed by atoms with Crippen molar-refractivity contribution in [3.63, 3.8) is 0 Å². The fraction of sp³-hybridized carbons (Fsp3) is 0.350. The van der Waals surface area contributed by atoms with Gasteiger partial charge in [0.15, 0.2) is 0 Å². The summed E-state index contributed by atoms with van der Waals surface area (Å²) in [7, 11) is 0. The molecule has 1 aromatic carbocycles. The van der Waals surface area contributed by atoms with Crippen LogP contribution >= 0.6 is 0 Å². The zero-order valence-corrected chi connectivity index (χ0v) is 14.7. The molecule has 1 aliphatic carbocycles. The number of hydrogen-bond donors (Lipinski definition) is 3. The first-order valence-electron chi connectivity index (χ1n) is 8.94. The van der Waals surface area contributed by atoms with E-state index in [1.807, 2.05) is 24.3 Å². The maximum absolute atomic E-state index is 12.2. The van der Waals surface area contributed by atoms with Crippen LogP contribution in [0.15, 0.2) is 48.8 Å². The largest absolute Gasteiger partial charge is 0.352 e. The van der Waals surface area contributed by atoms with Gasteiger partial charge in [-0.05, 0) is 48.6 Å². The molecule has 2 aromatic rings. The van der Waals surface area contributed by atoms with Gasteiger partial charge in [-0.1, -0.05) is 18.6 Å². The van der Waals surface area contributed by atoms with Crippen molar-refractivity contribution >= 4 is 17.5 Å². The molecular formula is C20H24N4O2. The van der Waals surface area contributed by atoms with E-state index < -0.39 is 0 Å². The number of pyridine rings is 1. The molecule has 4 N–H and O–H groups in total. The lowest BCUT2D eigenvalue weighted by molar-refractivity contribution is -0.122. The highest BCUT2D eigenvalue weighted by molar-refractivity contribution is 6.04. The maximum atomic E-state index is 12.2. The van der Waals surface area contributed by atoms with Crippen molar-refractivity contribution in [1.29, 1.82) is 0 Å². The molecule has 1 fully saturated rings. The Labute approximate surface area is 153 Å². The minimum Gasteiger partial charge on any atom is -0.352 e. The van der Waals surface area contributed by atoms with Crippen molar-refractivity contribution in [2.24, 2.45) is 11.7 Å². The zero-order valence-electron chi connectivity index (χ0n) is 14.7. The van der Waals surface area contributed by atoms with E-state index in [-0.39, 0.29) is 17.9 Å². The molecule has 6 heteroatoms. The third kappa shape index (κ3) is 4.89. The van der Waals surface area contributed by atoms with Crippen molar-refractivity contribution in [1.82, 2.24) is 10.3 Å². The molecule has 1 saturated carbocycles. The highest BCUT2D eigenvalue weighted by atomic mass is 16.2. The molecule has 0 radical (unpaired) electrons. The number of hydrogen-bond acceptors (Lipinski definition) is 4. The summed E-state index contributed by atoms with van der Waals surface area (Å²) in [5.41, 5.74) is 8.20. The second-order valence-corrected chi connectivity index (χ2v) is 6.73. The second-order valence-electron chi connectivity index (χ2n) is 6.73. The van der Waals surface area contributed by atoms with Gasteiger partial charge >= 0.3 is 0 Å². The first-order valence-corrected chi connectivity index (χ1v) is 8.94. The van der Waals surface area contributed by atoms with Crippen LogP contribution in [-0.2, 0) is 11.3 Å². The summed E-state index contributed by atoms with van der Waals surface area (Å²) in [5, 5.41) is 5.80. The third-order valence-electron chi connectivity index (χ3n) is 4.78. The van der Waals surface area contributed by atoms with Crippen molar-refractivity contribution in [2.45, 2.75) is 38.3 Å². The number of nitrogens with two attached hydrogens (primary N) is 1. The predicted octanol–water partition coefficient (Wildman–Crippen LogP) is 2.47. The Balaban J connectivity index is 1.52. The number of nitrogens with one attached hydrogen (secondary N) is 2. The molecule has 1 aliphatic rings. The minimum atomic E-state index is -0.191. The fourth-order valence-electron chi connectivity index (χ4n) is 3.30. The van der Waals surface area contributed by atoms with Gasteiger partial charge in [0.1, 0.15) is 0 Å². The van der Waals surface area contributed by atoms with E-state index in [1.165, 1.54) is 0 Å². The highest BCUT2D eigenvalue weighted by Crippen LogP contribution is 2.26. The summed E-state index contributed by atoms with van der Waals surface area (Å²) in [6.45, 7) is 0.430. The van der Waals surface area contributed by atoms with Gasteiger partial charge in [-0.15, -0.1) is 0 Å². The predicted molar refractivity (Wildman–Crippen MR) is 100 cm³/mol. The van der Waals surface area contributed by atoms with E-state index in [2.05, 4.69) is 15.6 Å². The summed E-state index contributed by atoms with van der Waals surface area (Å²) in [6.07, 6.45) is 6.80. The Morgan fingerprint density at radius 1 is 1.15 bits per heavy atom. The Morgan fingerprint density at radius 2 is 1.96 bits per heavy atom. The average Bonchev–Trinajstić information content (AvgIpc) is 3.06. The van der Waals surface area contributed by atoms with Crippen LogP contribution in [0.2, 0.25) is 0 Å². The smallest absolute Gasteiger partial charge is 0.255 e. The van der Waals surface area contributed by atoms with E-state index in [0.29, 0.717) is 30.1 Å². The lowest BCUT2D eigenvalue weighted by atomic mass is 10.00. The number of amides is 2. The summed E-state index contributed by atoms with van der Waals surface area (Å²) in [4.78, 5) is 28.2. The SMILES string of the molecule is N[C@@H]1CCC[C@H]1CC(=O)NCc1cccc(NC(=O)c2ccncc2)c1. The Kier molecular flexibility index (Phi) is 5.96. The van der Waals surface area contributed by atoms with Crippen LogP contribution in [0.4, 0.5) is 5.69 Å². The molecule has 0 aliphatic heterocycles. The molecule has 0 spiro atoms. The molecule has 0 bridgehead atoms. The van der Waals surface area contributed by atoms with E-state index in [1.54, 1.807) is 24.5 Å². The normalized spacial score (nSPS) is 19.1. The molecule has 3 rings (SSSR count). The number of rotatable bonds is 6. The lowest BCUT2D eigenvalue weighted by Crippen LogP contribution is -2.31. The van der Waals surface area contributed by atoms with Gasteiger partial charge in [0.25, 0.3) is 5.91 Å². The molecule has 0 unspecified atom stereocenters. The average molecular weight is 352 g/mol. The van der Waals surface area contributed by atoms with Gasteiger partial charge in [0, 0.05) is 42.7 Å². The van der Waals surface area contributed by atoms with E-state index in [9.17, 15) is 9.59 Å². The van der Waals surface area contributed by atoms with Gasteiger partial charge < -0.3 is 16.4 Å². The summed E-state index contributed by atoms with van der Waals surface area (Å²) in [6, 6.07) is 10.9. The molecular weight excluding hydrogens is 328 g/mol. The van der Waals surface area contributed by atoms with Crippen LogP contribution in [0, 0.1) is 5.92 Å². The minimum absolute atomic E-state index is 0.0265. The summed E-state index contributed by atoms with van der Waals surface area (Å²) >= 11 is 0. The molecule has 1 heterocycles. The molecule has 0 saturated heterocycles. The lowest BCUT2D eigenvalue weighted by Gasteiger charge is -2.15. The van der Waals surface area contributed by atoms with Crippen LogP contribution in [-0.4, -0.2) is 22.8 Å². The monoisotopic (exact) mass is 352 g/mol. The molecule has 2 amide bonds. The first-order chi connectivity index (χ1) is 12.6. The number of nitrogens with zero attached hydrogens (tertiary/aromatic N) is 1. The molecule has 136 valence electrons. The number of benzene rings is 1. The van der Waals surface area contributed by atoms with Crippen molar-refractivity contribution in [3.05, 3.63) is 59.9 Å². The number of anilines is 1. The number of carbonyl (C=O) groups is 2. The zero-order chi connectivity index (χ0) is 18.4. The third-order valence-corrected chi connectivity index (χ3v) is 4.78. The number of aromatic nitrogens is 1.